The highest BCUT2D eigenvalue weighted by atomic mass is 79.9. The number of nitrogens with zero attached hydrogens (tertiary/aromatic N) is 2. The number of benzene rings is 3. The summed E-state index contributed by atoms with van der Waals surface area (Å²) in [6, 6.07) is 18.9. The summed E-state index contributed by atoms with van der Waals surface area (Å²) in [6.45, 7) is 1.95. The summed E-state index contributed by atoms with van der Waals surface area (Å²) in [5.74, 6) is -0.545. The molecule has 1 saturated heterocycles. The number of carbonyl (C=O) groups excluding carboxylic acids is 2. The molecule has 0 radical (unpaired) electrons. The molecule has 4 rings (SSSR count). The molecular formula is C28H29BrClN3O4. The first-order valence-corrected chi connectivity index (χ1v) is 13.2. The van der Waals surface area contributed by atoms with E-state index in [1.165, 1.54) is 26.7 Å². The minimum atomic E-state index is -0.564. The van der Waals surface area contributed by atoms with E-state index in [4.69, 9.17) is 21.1 Å². The van der Waals surface area contributed by atoms with Crippen molar-refractivity contribution in [3.63, 3.8) is 0 Å². The predicted octanol–water partition coefficient (Wildman–Crippen LogP) is 6.30. The maximum Gasteiger partial charge on any atom is 0.341 e. The fourth-order valence-electron chi connectivity index (χ4n) is 4.42. The van der Waals surface area contributed by atoms with E-state index in [-0.39, 0.29) is 22.9 Å². The van der Waals surface area contributed by atoms with Gasteiger partial charge in [0.15, 0.2) is 0 Å². The van der Waals surface area contributed by atoms with Gasteiger partial charge >= 0.3 is 5.97 Å². The average Bonchev–Trinajstić information content (AvgIpc) is 2.93. The molecule has 0 saturated carbocycles. The summed E-state index contributed by atoms with van der Waals surface area (Å²) in [4.78, 5) is 27.8. The van der Waals surface area contributed by atoms with Gasteiger partial charge in [0.05, 0.1) is 37.7 Å². The Morgan fingerprint density at radius 1 is 1.03 bits per heavy atom. The van der Waals surface area contributed by atoms with Crippen LogP contribution in [0.15, 0.2) is 65.1 Å². The van der Waals surface area contributed by atoms with E-state index in [2.05, 4.69) is 32.3 Å². The first kappa shape index (κ1) is 26.8. The van der Waals surface area contributed by atoms with Gasteiger partial charge in [-0.05, 0) is 73.4 Å². The Labute approximate surface area is 230 Å². The summed E-state index contributed by atoms with van der Waals surface area (Å²) in [5.41, 5.74) is 6.56. The molecule has 1 fully saturated rings. The Morgan fingerprint density at radius 2 is 1.73 bits per heavy atom. The molecule has 1 heterocycles. The second-order valence-electron chi connectivity index (χ2n) is 8.70. The Bertz CT molecular complexity index is 1260. The Balaban J connectivity index is 1.65. The first-order chi connectivity index (χ1) is 17.9. The molecule has 1 amide bonds. The number of piperidine rings is 1. The van der Waals surface area contributed by atoms with E-state index in [1.54, 1.807) is 6.07 Å². The molecule has 1 aliphatic heterocycles. The Kier molecular flexibility index (Phi) is 8.95. The maximum atomic E-state index is 13.4. The number of halogens is 2. The van der Waals surface area contributed by atoms with Crippen molar-refractivity contribution in [3.8, 4) is 5.75 Å². The van der Waals surface area contributed by atoms with E-state index in [0.717, 1.165) is 47.5 Å². The Morgan fingerprint density at radius 3 is 2.41 bits per heavy atom. The number of amides is 1. The van der Waals surface area contributed by atoms with E-state index >= 15 is 0 Å². The molecule has 0 bridgehead atoms. The fourth-order valence-corrected chi connectivity index (χ4v) is 4.91. The lowest BCUT2D eigenvalue weighted by Crippen LogP contribution is -2.41. The van der Waals surface area contributed by atoms with Gasteiger partial charge in [0.2, 0.25) is 5.91 Å². The molecule has 0 aromatic heterocycles. The van der Waals surface area contributed by atoms with Crippen molar-refractivity contribution in [1.82, 2.24) is 5.43 Å². The van der Waals surface area contributed by atoms with Crippen LogP contribution < -0.4 is 20.1 Å². The second kappa shape index (κ2) is 12.3. The van der Waals surface area contributed by atoms with E-state index < -0.39 is 5.97 Å². The van der Waals surface area contributed by atoms with Gasteiger partial charge in [-0.2, -0.15) is 0 Å². The van der Waals surface area contributed by atoms with Crippen LogP contribution in [-0.2, 0) is 16.0 Å². The zero-order valence-electron chi connectivity index (χ0n) is 20.8. The summed E-state index contributed by atoms with van der Waals surface area (Å²) in [7, 11) is 2.74. The lowest BCUT2D eigenvalue weighted by Gasteiger charge is -2.34. The van der Waals surface area contributed by atoms with Crippen LogP contribution in [0.1, 0.15) is 35.2 Å². The van der Waals surface area contributed by atoms with Gasteiger partial charge < -0.3 is 14.4 Å². The molecule has 0 spiro atoms. The predicted molar refractivity (Wildman–Crippen MR) is 150 cm³/mol. The van der Waals surface area contributed by atoms with Gasteiger partial charge in [-0.25, -0.2) is 4.79 Å². The van der Waals surface area contributed by atoms with Crippen LogP contribution in [-0.4, -0.2) is 39.2 Å². The normalized spacial score (nSPS) is 13.1. The summed E-state index contributed by atoms with van der Waals surface area (Å²) >= 11 is 9.94. The molecule has 0 aliphatic carbocycles. The van der Waals surface area contributed by atoms with Crippen molar-refractivity contribution in [1.29, 1.82) is 0 Å². The largest absolute Gasteiger partial charge is 0.496 e. The second-order valence-corrected chi connectivity index (χ2v) is 10.0. The quantitative estimate of drug-likeness (QED) is 0.247. The van der Waals surface area contributed by atoms with Crippen molar-refractivity contribution >= 4 is 56.5 Å². The standard InChI is InChI=1S/C28H29BrClN3O4/c1-36-26-16-19(23(30)18-22(26)28(35)37-2)17-27(34)31-33(21-12-10-20(29)11-13-21)25-9-5-4-8-24(25)32-14-6-3-7-15-32/h4-5,8-13,16,18H,3,6-7,14-15,17H2,1-2H3,(H,31,34). The van der Waals surface area contributed by atoms with Crippen molar-refractivity contribution in [2.75, 3.05) is 37.2 Å². The number of methoxy groups -OCH3 is 2. The van der Waals surface area contributed by atoms with Gasteiger partial charge in [-0.15, -0.1) is 0 Å². The zero-order chi connectivity index (χ0) is 26.4. The lowest BCUT2D eigenvalue weighted by atomic mass is 10.1. The van der Waals surface area contributed by atoms with E-state index in [1.807, 2.05) is 47.5 Å². The van der Waals surface area contributed by atoms with Crippen LogP contribution >= 0.6 is 27.5 Å². The minimum Gasteiger partial charge on any atom is -0.496 e. The van der Waals surface area contributed by atoms with Gasteiger partial charge in [0.25, 0.3) is 0 Å². The molecule has 3 aromatic carbocycles. The summed E-state index contributed by atoms with van der Waals surface area (Å²) < 4.78 is 11.1. The zero-order valence-corrected chi connectivity index (χ0v) is 23.1. The molecule has 7 nitrogen and oxygen atoms in total. The van der Waals surface area contributed by atoms with Gasteiger partial charge in [0.1, 0.15) is 11.3 Å². The molecule has 3 aromatic rings. The Hall–Kier alpha value is -3.23. The van der Waals surface area contributed by atoms with Crippen LogP contribution in [0.5, 0.6) is 5.75 Å². The number of nitrogens with one attached hydrogen (secondary N) is 1. The third-order valence-corrected chi connectivity index (χ3v) is 7.15. The topological polar surface area (TPSA) is 71.1 Å². The van der Waals surface area contributed by atoms with Crippen LogP contribution in [0.4, 0.5) is 17.1 Å². The van der Waals surface area contributed by atoms with Crippen molar-refractivity contribution < 1.29 is 19.1 Å². The summed E-state index contributed by atoms with van der Waals surface area (Å²) in [6.07, 6.45) is 3.49. The smallest absolute Gasteiger partial charge is 0.341 e. The highest BCUT2D eigenvalue weighted by Crippen LogP contribution is 2.35. The van der Waals surface area contributed by atoms with E-state index in [9.17, 15) is 9.59 Å². The molecule has 0 atom stereocenters. The molecule has 1 N–H and O–H groups in total. The number of esters is 1. The number of ether oxygens (including phenoxy) is 2. The van der Waals surface area contributed by atoms with Gasteiger partial charge in [-0.1, -0.05) is 39.7 Å². The molecule has 194 valence electrons. The third kappa shape index (κ3) is 6.37. The monoisotopic (exact) mass is 585 g/mol. The van der Waals surface area contributed by atoms with Crippen LogP contribution in [0.25, 0.3) is 0 Å². The van der Waals surface area contributed by atoms with Crippen molar-refractivity contribution in [2.45, 2.75) is 25.7 Å². The van der Waals surface area contributed by atoms with Crippen LogP contribution in [0.3, 0.4) is 0 Å². The van der Waals surface area contributed by atoms with Crippen LogP contribution in [0, 0.1) is 0 Å². The fraction of sp³-hybridized carbons (Fsp3) is 0.286. The van der Waals surface area contributed by atoms with Gasteiger partial charge in [0, 0.05) is 22.6 Å². The minimum absolute atomic E-state index is 0.0183. The number of hydrogen-bond donors (Lipinski definition) is 1. The molecular weight excluding hydrogens is 558 g/mol. The molecule has 0 unspecified atom stereocenters. The highest BCUT2D eigenvalue weighted by molar-refractivity contribution is 9.10. The lowest BCUT2D eigenvalue weighted by molar-refractivity contribution is -0.120. The molecule has 37 heavy (non-hydrogen) atoms. The average molecular weight is 587 g/mol. The third-order valence-electron chi connectivity index (χ3n) is 6.27. The SMILES string of the molecule is COC(=O)c1cc(Cl)c(CC(=O)NN(c2ccc(Br)cc2)c2ccccc2N2CCCCC2)cc1OC. The van der Waals surface area contributed by atoms with E-state index in [0.29, 0.717) is 11.3 Å². The van der Waals surface area contributed by atoms with Gasteiger partial charge in [-0.3, -0.25) is 15.2 Å². The highest BCUT2D eigenvalue weighted by Gasteiger charge is 2.22. The summed E-state index contributed by atoms with van der Waals surface area (Å²) in [5, 5.41) is 2.09. The number of hydrogen-bond acceptors (Lipinski definition) is 6. The van der Waals surface area contributed by atoms with Crippen molar-refractivity contribution in [3.05, 3.63) is 81.3 Å². The maximum absolute atomic E-state index is 13.4. The van der Waals surface area contributed by atoms with Crippen molar-refractivity contribution in [2.24, 2.45) is 0 Å². The number of rotatable bonds is 8. The molecule has 1 aliphatic rings. The molecule has 9 heteroatoms. The number of carbonyl (C=O) groups is 2. The number of anilines is 3. The number of hydrazine groups is 1. The van der Waals surface area contributed by atoms with Crippen LogP contribution in [0.2, 0.25) is 5.02 Å². The first-order valence-electron chi connectivity index (χ1n) is 12.0. The number of para-hydroxylation sites is 2.